The molecule has 1 amide bonds. The Morgan fingerprint density at radius 3 is 2.43 bits per heavy atom. The Balaban J connectivity index is 2.05. The van der Waals surface area contributed by atoms with Gasteiger partial charge in [0.1, 0.15) is 0 Å². The second kappa shape index (κ2) is 8.02. The highest BCUT2D eigenvalue weighted by molar-refractivity contribution is 7.92. The van der Waals surface area contributed by atoms with Crippen molar-refractivity contribution in [2.75, 3.05) is 30.2 Å². The van der Waals surface area contributed by atoms with Crippen molar-refractivity contribution in [2.45, 2.75) is 32.1 Å². The maximum Gasteiger partial charge on any atom is 0.232 e. The molecule has 23 heavy (non-hydrogen) atoms. The van der Waals surface area contributed by atoms with Gasteiger partial charge >= 0.3 is 0 Å². The van der Waals surface area contributed by atoms with E-state index < -0.39 is 10.0 Å². The lowest BCUT2D eigenvalue weighted by atomic mass is 10.2. The molecule has 1 aromatic rings. The van der Waals surface area contributed by atoms with E-state index in [0.717, 1.165) is 45.0 Å². The largest absolute Gasteiger partial charge is 0.343 e. The van der Waals surface area contributed by atoms with Gasteiger partial charge in [0, 0.05) is 31.1 Å². The number of benzene rings is 1. The van der Waals surface area contributed by atoms with E-state index in [2.05, 4.69) is 0 Å². The van der Waals surface area contributed by atoms with Crippen LogP contribution in [0.1, 0.15) is 32.1 Å². The number of nitrogens with zero attached hydrogens (tertiary/aromatic N) is 2. The van der Waals surface area contributed by atoms with Crippen LogP contribution in [0.4, 0.5) is 5.69 Å². The minimum Gasteiger partial charge on any atom is -0.343 e. The third-order valence-corrected chi connectivity index (χ3v) is 5.41. The van der Waals surface area contributed by atoms with E-state index in [-0.39, 0.29) is 18.9 Å². The Labute approximate surface area is 143 Å². The molecule has 7 heteroatoms. The molecule has 5 nitrogen and oxygen atoms in total. The molecule has 1 aromatic carbocycles. The van der Waals surface area contributed by atoms with Gasteiger partial charge in [-0.05, 0) is 31.0 Å². The topological polar surface area (TPSA) is 57.7 Å². The van der Waals surface area contributed by atoms with Crippen molar-refractivity contribution in [1.82, 2.24) is 4.90 Å². The molecule has 1 heterocycles. The zero-order valence-corrected chi connectivity index (χ0v) is 14.9. The first kappa shape index (κ1) is 18.1. The fourth-order valence-corrected chi connectivity index (χ4v) is 3.90. The molecular weight excluding hydrogens is 336 g/mol. The second-order valence-electron chi connectivity index (χ2n) is 5.86. The van der Waals surface area contributed by atoms with Crippen molar-refractivity contribution in [2.24, 2.45) is 0 Å². The number of halogens is 1. The van der Waals surface area contributed by atoms with Crippen molar-refractivity contribution in [3.05, 3.63) is 29.3 Å². The van der Waals surface area contributed by atoms with Gasteiger partial charge in [-0.1, -0.05) is 30.5 Å². The summed E-state index contributed by atoms with van der Waals surface area (Å²) in [7, 11) is -3.46. The first-order valence-corrected chi connectivity index (χ1v) is 10.1. The van der Waals surface area contributed by atoms with Gasteiger partial charge in [0.15, 0.2) is 0 Å². The lowest BCUT2D eigenvalue weighted by Gasteiger charge is -2.25. The van der Waals surface area contributed by atoms with Crippen molar-refractivity contribution < 1.29 is 13.2 Å². The Bertz CT molecular complexity index is 640. The highest BCUT2D eigenvalue weighted by atomic mass is 35.5. The summed E-state index contributed by atoms with van der Waals surface area (Å²) in [6, 6.07) is 6.67. The number of rotatable bonds is 5. The van der Waals surface area contributed by atoms with E-state index in [1.54, 1.807) is 24.3 Å². The fraction of sp³-hybridized carbons (Fsp3) is 0.562. The zero-order valence-electron chi connectivity index (χ0n) is 13.4. The van der Waals surface area contributed by atoms with Gasteiger partial charge in [-0.2, -0.15) is 0 Å². The third-order valence-electron chi connectivity index (χ3n) is 3.98. The number of amides is 1. The first-order valence-electron chi connectivity index (χ1n) is 7.89. The van der Waals surface area contributed by atoms with E-state index >= 15 is 0 Å². The third kappa shape index (κ3) is 5.39. The molecular formula is C16H23ClN2O3S. The van der Waals surface area contributed by atoms with Crippen LogP contribution in [-0.2, 0) is 14.8 Å². The molecule has 0 N–H and O–H groups in total. The molecule has 0 radical (unpaired) electrons. The quantitative estimate of drug-likeness (QED) is 0.813. The molecule has 1 aliphatic rings. The number of carbonyl (C=O) groups excluding carboxylic acids is 1. The molecule has 0 bridgehead atoms. The van der Waals surface area contributed by atoms with E-state index in [0.29, 0.717) is 10.7 Å². The lowest BCUT2D eigenvalue weighted by Crippen LogP contribution is -2.37. The molecule has 1 saturated heterocycles. The van der Waals surface area contributed by atoms with E-state index in [9.17, 15) is 13.2 Å². The highest BCUT2D eigenvalue weighted by Gasteiger charge is 2.21. The predicted molar refractivity (Wildman–Crippen MR) is 93.3 cm³/mol. The number of likely N-dealkylation sites (tertiary alicyclic amines) is 1. The molecule has 0 atom stereocenters. The number of hydrogen-bond donors (Lipinski definition) is 0. The van der Waals surface area contributed by atoms with Crippen LogP contribution in [0.2, 0.25) is 5.02 Å². The van der Waals surface area contributed by atoms with Crippen LogP contribution in [0.15, 0.2) is 24.3 Å². The molecule has 128 valence electrons. The Hall–Kier alpha value is -1.27. The zero-order chi connectivity index (χ0) is 16.9. The average Bonchev–Trinajstić information content (AvgIpc) is 2.75. The van der Waals surface area contributed by atoms with Crippen LogP contribution in [0.5, 0.6) is 0 Å². The van der Waals surface area contributed by atoms with Gasteiger partial charge in [-0.25, -0.2) is 8.42 Å². The maximum atomic E-state index is 12.4. The van der Waals surface area contributed by atoms with Crippen molar-refractivity contribution >= 4 is 33.2 Å². The SMILES string of the molecule is CS(=O)(=O)N(CCC(=O)N1CCCCCC1)c1cccc(Cl)c1. The fourth-order valence-electron chi connectivity index (χ4n) is 2.79. The second-order valence-corrected chi connectivity index (χ2v) is 8.20. The number of sulfonamides is 1. The number of hydrogen-bond acceptors (Lipinski definition) is 3. The summed E-state index contributed by atoms with van der Waals surface area (Å²) in [6.45, 7) is 1.68. The van der Waals surface area contributed by atoms with Crippen LogP contribution in [-0.4, -0.2) is 45.1 Å². The minimum absolute atomic E-state index is 0.0163. The molecule has 0 spiro atoms. The molecule has 1 fully saturated rings. The summed E-state index contributed by atoms with van der Waals surface area (Å²) in [6.07, 6.45) is 5.68. The summed E-state index contributed by atoms with van der Waals surface area (Å²) >= 11 is 5.94. The summed E-state index contributed by atoms with van der Waals surface area (Å²) in [4.78, 5) is 14.2. The first-order chi connectivity index (χ1) is 10.9. The van der Waals surface area contributed by atoms with Crippen molar-refractivity contribution in [3.8, 4) is 0 Å². The van der Waals surface area contributed by atoms with Gasteiger partial charge in [0.25, 0.3) is 0 Å². The average molecular weight is 359 g/mol. The van der Waals surface area contributed by atoms with Crippen LogP contribution in [0.3, 0.4) is 0 Å². The molecule has 0 saturated carbocycles. The molecule has 2 rings (SSSR count). The van der Waals surface area contributed by atoms with Crippen molar-refractivity contribution in [1.29, 1.82) is 0 Å². The Morgan fingerprint density at radius 2 is 1.87 bits per heavy atom. The summed E-state index contributed by atoms with van der Waals surface area (Å²) < 4.78 is 25.3. The summed E-state index contributed by atoms with van der Waals surface area (Å²) in [5.74, 6) is 0.0163. The van der Waals surface area contributed by atoms with Crippen LogP contribution >= 0.6 is 11.6 Å². The normalized spacial score (nSPS) is 16.0. The monoisotopic (exact) mass is 358 g/mol. The molecule has 1 aliphatic heterocycles. The smallest absolute Gasteiger partial charge is 0.232 e. The molecule has 0 aliphatic carbocycles. The van der Waals surface area contributed by atoms with Gasteiger partial charge in [-0.15, -0.1) is 0 Å². The predicted octanol–water partition coefficient (Wildman–Crippen LogP) is 2.90. The molecule has 0 aromatic heterocycles. The van der Waals surface area contributed by atoms with Gasteiger partial charge in [-0.3, -0.25) is 9.10 Å². The van der Waals surface area contributed by atoms with Crippen LogP contribution < -0.4 is 4.31 Å². The van der Waals surface area contributed by atoms with E-state index in [1.807, 2.05) is 4.90 Å². The lowest BCUT2D eigenvalue weighted by molar-refractivity contribution is -0.130. The van der Waals surface area contributed by atoms with Crippen LogP contribution in [0.25, 0.3) is 0 Å². The van der Waals surface area contributed by atoms with Gasteiger partial charge < -0.3 is 4.90 Å². The summed E-state index contributed by atoms with van der Waals surface area (Å²) in [5.41, 5.74) is 0.490. The van der Waals surface area contributed by atoms with E-state index in [4.69, 9.17) is 11.6 Å². The van der Waals surface area contributed by atoms with Crippen LogP contribution in [0, 0.1) is 0 Å². The highest BCUT2D eigenvalue weighted by Crippen LogP contribution is 2.22. The van der Waals surface area contributed by atoms with Gasteiger partial charge in [0.05, 0.1) is 11.9 Å². The molecule has 0 unspecified atom stereocenters. The standard InChI is InChI=1S/C16H23ClN2O3S/c1-23(21,22)19(15-8-6-7-14(17)13-15)12-9-16(20)18-10-4-2-3-5-11-18/h6-8,13H,2-5,9-12H2,1H3. The minimum atomic E-state index is -3.46. The Morgan fingerprint density at radius 1 is 1.22 bits per heavy atom. The van der Waals surface area contributed by atoms with Gasteiger partial charge in [0.2, 0.25) is 15.9 Å². The number of carbonyl (C=O) groups is 1. The summed E-state index contributed by atoms with van der Waals surface area (Å²) in [5, 5.41) is 0.468. The maximum absolute atomic E-state index is 12.4. The van der Waals surface area contributed by atoms with Crippen molar-refractivity contribution in [3.63, 3.8) is 0 Å². The van der Waals surface area contributed by atoms with E-state index in [1.165, 1.54) is 4.31 Å². The number of anilines is 1. The Kier molecular flexibility index (Phi) is 6.30.